The van der Waals surface area contributed by atoms with Gasteiger partial charge in [0.25, 0.3) is 0 Å². The Labute approximate surface area is 122 Å². The summed E-state index contributed by atoms with van der Waals surface area (Å²) in [6.07, 6.45) is 16.0. The molecule has 0 aliphatic heterocycles. The van der Waals surface area contributed by atoms with E-state index < -0.39 is 0 Å². The number of nitrogens with zero attached hydrogens (tertiary/aromatic N) is 2. The van der Waals surface area contributed by atoms with Crippen LogP contribution in [0.5, 0.6) is 0 Å². The highest BCUT2D eigenvalue weighted by atomic mass is 15.0. The van der Waals surface area contributed by atoms with Crippen molar-refractivity contribution in [2.45, 2.75) is 57.5 Å². The summed E-state index contributed by atoms with van der Waals surface area (Å²) in [5.74, 6) is 4.33. The van der Waals surface area contributed by atoms with Crippen molar-refractivity contribution in [3.05, 3.63) is 18.7 Å². The Morgan fingerprint density at radius 1 is 1.10 bits per heavy atom. The van der Waals surface area contributed by atoms with E-state index in [9.17, 15) is 0 Å². The summed E-state index contributed by atoms with van der Waals surface area (Å²) in [4.78, 5) is 4.09. The van der Waals surface area contributed by atoms with Crippen LogP contribution in [0.2, 0.25) is 0 Å². The summed E-state index contributed by atoms with van der Waals surface area (Å²) >= 11 is 0. The van der Waals surface area contributed by atoms with E-state index in [4.69, 9.17) is 0 Å². The van der Waals surface area contributed by atoms with Crippen LogP contribution < -0.4 is 5.32 Å². The second-order valence-corrected chi connectivity index (χ2v) is 7.22. The first kappa shape index (κ1) is 12.9. The largest absolute Gasteiger partial charge is 0.337 e. The molecule has 110 valence electrons. The fraction of sp³-hybridized carbons (Fsp3) is 0.824. The van der Waals surface area contributed by atoms with Crippen molar-refractivity contribution in [2.75, 3.05) is 6.54 Å². The third-order valence-corrected chi connectivity index (χ3v) is 6.24. The number of rotatable bonds is 6. The highest BCUT2D eigenvalue weighted by molar-refractivity contribution is 5.05. The third-order valence-electron chi connectivity index (χ3n) is 6.24. The van der Waals surface area contributed by atoms with Gasteiger partial charge in [-0.25, -0.2) is 4.98 Å². The molecule has 1 N–H and O–H groups in total. The Kier molecular flexibility index (Phi) is 3.55. The lowest BCUT2D eigenvalue weighted by Crippen LogP contribution is -2.39. The molecule has 0 radical (unpaired) electrons. The van der Waals surface area contributed by atoms with Crippen molar-refractivity contribution < 1.29 is 0 Å². The minimum Gasteiger partial charge on any atom is -0.337 e. The minimum atomic E-state index is 0.854. The molecule has 3 heteroatoms. The summed E-state index contributed by atoms with van der Waals surface area (Å²) in [5.41, 5.74) is 0. The summed E-state index contributed by atoms with van der Waals surface area (Å²) in [7, 11) is 0. The van der Waals surface area contributed by atoms with Gasteiger partial charge in [-0.1, -0.05) is 6.42 Å². The van der Waals surface area contributed by atoms with Gasteiger partial charge in [-0.15, -0.1) is 0 Å². The van der Waals surface area contributed by atoms with E-state index in [1.165, 1.54) is 38.6 Å². The van der Waals surface area contributed by atoms with Crippen LogP contribution >= 0.6 is 0 Å². The van der Waals surface area contributed by atoms with Gasteiger partial charge in [0.1, 0.15) is 0 Å². The predicted octanol–water partition coefficient (Wildman–Crippen LogP) is 3.08. The second kappa shape index (κ2) is 5.51. The highest BCUT2D eigenvalue weighted by Gasteiger charge is 2.53. The highest BCUT2D eigenvalue weighted by Crippen LogP contribution is 2.58. The molecule has 3 aliphatic rings. The molecule has 3 nitrogen and oxygen atoms in total. The summed E-state index contributed by atoms with van der Waals surface area (Å²) < 4.78 is 2.18. The molecule has 5 atom stereocenters. The first-order valence-corrected chi connectivity index (χ1v) is 8.61. The maximum absolute atomic E-state index is 4.09. The lowest BCUT2D eigenvalue weighted by molar-refractivity contribution is 0.208. The van der Waals surface area contributed by atoms with Gasteiger partial charge in [0.05, 0.1) is 6.33 Å². The molecule has 3 saturated carbocycles. The van der Waals surface area contributed by atoms with Gasteiger partial charge in [-0.3, -0.25) is 0 Å². The summed E-state index contributed by atoms with van der Waals surface area (Å²) in [6, 6.07) is 0.854. The van der Waals surface area contributed by atoms with E-state index in [1.54, 1.807) is 12.8 Å². The molecule has 0 aromatic carbocycles. The quantitative estimate of drug-likeness (QED) is 0.807. The number of nitrogens with one attached hydrogen (secondary N) is 1. The molecule has 20 heavy (non-hydrogen) atoms. The lowest BCUT2D eigenvalue weighted by atomic mass is 9.79. The van der Waals surface area contributed by atoms with E-state index in [-0.39, 0.29) is 0 Å². The van der Waals surface area contributed by atoms with Crippen molar-refractivity contribution in [3.63, 3.8) is 0 Å². The minimum absolute atomic E-state index is 0.854. The molecular weight excluding hydrogens is 246 g/mol. The van der Waals surface area contributed by atoms with Crippen molar-refractivity contribution >= 4 is 0 Å². The van der Waals surface area contributed by atoms with E-state index >= 15 is 0 Å². The molecule has 3 aliphatic carbocycles. The van der Waals surface area contributed by atoms with Crippen molar-refractivity contribution in [1.82, 2.24) is 14.9 Å². The topological polar surface area (TPSA) is 29.9 Å². The van der Waals surface area contributed by atoms with E-state index in [1.807, 2.05) is 12.5 Å². The SMILES string of the molecule is c1cn(CCCCNC2CC3CC2C2CCCC32)cn1. The van der Waals surface area contributed by atoms with Crippen LogP contribution in [-0.2, 0) is 6.54 Å². The number of unbranched alkanes of at least 4 members (excludes halogenated alkanes) is 1. The van der Waals surface area contributed by atoms with Gasteiger partial charge in [0.2, 0.25) is 0 Å². The Balaban J connectivity index is 1.18. The standard InChI is InChI=1S/C17H27N3/c1(2-8-20-9-7-18-12-20)6-19-17-11-13-10-16(17)15-5-3-4-14(13)15/h7,9,12-17,19H,1-6,8,10-11H2. The Morgan fingerprint density at radius 3 is 2.95 bits per heavy atom. The van der Waals surface area contributed by atoms with Gasteiger partial charge >= 0.3 is 0 Å². The number of hydrogen-bond acceptors (Lipinski definition) is 2. The first-order valence-electron chi connectivity index (χ1n) is 8.61. The average Bonchev–Trinajstić information content (AvgIpc) is 3.21. The molecule has 1 aromatic heterocycles. The fourth-order valence-corrected chi connectivity index (χ4v) is 5.43. The molecule has 1 aromatic rings. The Morgan fingerprint density at radius 2 is 2.05 bits per heavy atom. The van der Waals surface area contributed by atoms with Crippen LogP contribution in [-0.4, -0.2) is 22.1 Å². The van der Waals surface area contributed by atoms with Gasteiger partial charge < -0.3 is 9.88 Å². The van der Waals surface area contributed by atoms with Crippen molar-refractivity contribution in [2.24, 2.45) is 23.7 Å². The number of aryl methyl sites for hydroxylation is 1. The Bertz CT molecular complexity index is 427. The number of aromatic nitrogens is 2. The molecule has 2 bridgehead atoms. The molecular formula is C17H27N3. The van der Waals surface area contributed by atoms with Crippen molar-refractivity contribution in [3.8, 4) is 0 Å². The van der Waals surface area contributed by atoms with Crippen molar-refractivity contribution in [1.29, 1.82) is 0 Å². The zero-order valence-electron chi connectivity index (χ0n) is 12.4. The van der Waals surface area contributed by atoms with Gasteiger partial charge in [-0.2, -0.15) is 0 Å². The average molecular weight is 273 g/mol. The van der Waals surface area contributed by atoms with E-state index in [0.717, 1.165) is 36.3 Å². The zero-order valence-corrected chi connectivity index (χ0v) is 12.4. The molecule has 0 spiro atoms. The predicted molar refractivity (Wildman–Crippen MR) is 80.3 cm³/mol. The number of hydrogen-bond donors (Lipinski definition) is 1. The zero-order chi connectivity index (χ0) is 13.4. The molecule has 3 fully saturated rings. The fourth-order valence-electron chi connectivity index (χ4n) is 5.43. The van der Waals surface area contributed by atoms with Gasteiger partial charge in [0, 0.05) is 25.0 Å². The molecule has 0 amide bonds. The normalized spacial score (nSPS) is 38.5. The van der Waals surface area contributed by atoms with Crippen LogP contribution in [0.3, 0.4) is 0 Å². The van der Waals surface area contributed by atoms with Gasteiger partial charge in [0.15, 0.2) is 0 Å². The van der Waals surface area contributed by atoms with Crippen LogP contribution in [0.15, 0.2) is 18.7 Å². The number of imidazole rings is 1. The molecule has 1 heterocycles. The summed E-state index contributed by atoms with van der Waals surface area (Å²) in [6.45, 7) is 2.32. The maximum atomic E-state index is 4.09. The van der Waals surface area contributed by atoms with E-state index in [0.29, 0.717) is 0 Å². The Hall–Kier alpha value is -0.830. The van der Waals surface area contributed by atoms with Crippen LogP contribution in [0.25, 0.3) is 0 Å². The smallest absolute Gasteiger partial charge is 0.0945 e. The van der Waals surface area contributed by atoms with Crippen LogP contribution in [0.4, 0.5) is 0 Å². The van der Waals surface area contributed by atoms with Gasteiger partial charge in [-0.05, 0) is 68.7 Å². The molecule has 4 rings (SSSR count). The van der Waals surface area contributed by atoms with Crippen LogP contribution in [0.1, 0.15) is 44.9 Å². The maximum Gasteiger partial charge on any atom is 0.0945 e. The van der Waals surface area contributed by atoms with E-state index in [2.05, 4.69) is 21.1 Å². The summed E-state index contributed by atoms with van der Waals surface area (Å²) in [5, 5.41) is 3.88. The lowest BCUT2D eigenvalue weighted by Gasteiger charge is -2.32. The monoisotopic (exact) mass is 273 g/mol. The van der Waals surface area contributed by atoms with Crippen LogP contribution in [0, 0.1) is 23.7 Å². The molecule has 5 unspecified atom stereocenters. The first-order chi connectivity index (χ1) is 9.92. The molecule has 0 saturated heterocycles. The second-order valence-electron chi connectivity index (χ2n) is 7.22. The third kappa shape index (κ3) is 2.30. The number of fused-ring (bicyclic) bond motifs is 5.